The van der Waals surface area contributed by atoms with E-state index >= 15 is 0 Å². The first-order valence-electron chi connectivity index (χ1n) is 9.90. The molecule has 0 aliphatic heterocycles. The highest BCUT2D eigenvalue weighted by Crippen LogP contribution is 2.40. The quantitative estimate of drug-likeness (QED) is 0.599. The Bertz CT molecular complexity index is 910. The van der Waals surface area contributed by atoms with E-state index < -0.39 is 0 Å². The number of benzene rings is 1. The summed E-state index contributed by atoms with van der Waals surface area (Å²) in [4.78, 5) is 25.9. The predicted octanol–water partition coefficient (Wildman–Crippen LogP) is 2.45. The summed E-state index contributed by atoms with van der Waals surface area (Å²) < 4.78 is 15.9. The largest absolute Gasteiger partial charge is 0.370 e. The lowest BCUT2D eigenvalue weighted by molar-refractivity contribution is -0.129. The molecule has 29 heavy (non-hydrogen) atoms. The molecule has 7 nitrogen and oxygen atoms in total. The Labute approximate surface area is 172 Å². The number of carbonyl (C=O) groups excluding carboxylic acids is 2. The van der Waals surface area contributed by atoms with Crippen molar-refractivity contribution >= 4 is 23.6 Å². The number of hydrogen-bond acceptors (Lipinski definition) is 5. The van der Waals surface area contributed by atoms with Gasteiger partial charge in [-0.05, 0) is 31.7 Å². The number of carbonyl (C=O) groups is 2. The van der Waals surface area contributed by atoms with Crippen LogP contribution in [0, 0.1) is 5.82 Å². The third-order valence-corrected chi connectivity index (χ3v) is 6.15. The summed E-state index contributed by atoms with van der Waals surface area (Å²) in [5.41, 5.74) is 5.82. The van der Waals surface area contributed by atoms with E-state index in [-0.39, 0.29) is 42.4 Å². The minimum atomic E-state index is -0.378. The molecule has 1 heterocycles. The van der Waals surface area contributed by atoms with Crippen LogP contribution >= 0.6 is 11.8 Å². The van der Waals surface area contributed by atoms with Gasteiger partial charge in [-0.2, -0.15) is 0 Å². The summed E-state index contributed by atoms with van der Waals surface area (Å²) in [5.74, 6) is 0.731. The second kappa shape index (κ2) is 8.52. The third-order valence-electron chi connectivity index (χ3n) is 5.20. The maximum atomic E-state index is 14.0. The standard InChI is InChI=1S/C20H24FN5O2S/c21-16-4-2-1-3-14(16)11-26(15-7-8-15)18(28)12-29-20-24-23-19(13-5-6-13)25(20)10-9-17(22)27/h1-4,13,15H,5-12H2,(H2,22,27). The van der Waals surface area contributed by atoms with E-state index in [1.54, 1.807) is 23.1 Å². The highest BCUT2D eigenvalue weighted by Gasteiger charge is 2.34. The molecule has 2 amide bonds. The molecule has 0 saturated heterocycles. The third kappa shape index (κ3) is 4.95. The number of rotatable bonds is 10. The topological polar surface area (TPSA) is 94.1 Å². The summed E-state index contributed by atoms with van der Waals surface area (Å²) in [6, 6.07) is 6.74. The first kappa shape index (κ1) is 19.9. The lowest BCUT2D eigenvalue weighted by atomic mass is 10.2. The number of amides is 2. The van der Waals surface area contributed by atoms with Crippen molar-refractivity contribution in [3.05, 3.63) is 41.5 Å². The Hall–Kier alpha value is -2.42. The molecule has 2 aromatic rings. The number of aromatic nitrogens is 3. The van der Waals surface area contributed by atoms with Crippen LogP contribution in [0.15, 0.2) is 29.4 Å². The van der Waals surface area contributed by atoms with Crippen molar-refractivity contribution in [2.24, 2.45) is 5.73 Å². The van der Waals surface area contributed by atoms with Crippen molar-refractivity contribution in [3.8, 4) is 0 Å². The molecule has 0 radical (unpaired) electrons. The molecule has 2 fully saturated rings. The minimum absolute atomic E-state index is 0.0434. The molecule has 4 rings (SSSR count). The second-order valence-electron chi connectivity index (χ2n) is 7.62. The van der Waals surface area contributed by atoms with Crippen LogP contribution in [0.5, 0.6) is 0 Å². The molecule has 0 bridgehead atoms. The number of hydrogen-bond donors (Lipinski definition) is 1. The SMILES string of the molecule is NC(=O)CCn1c(SCC(=O)N(Cc2ccccc2F)C2CC2)nnc1C1CC1. The van der Waals surface area contributed by atoms with Gasteiger partial charge in [0.15, 0.2) is 5.16 Å². The molecule has 2 saturated carbocycles. The Morgan fingerprint density at radius 1 is 1.21 bits per heavy atom. The fourth-order valence-electron chi connectivity index (χ4n) is 3.31. The van der Waals surface area contributed by atoms with Gasteiger partial charge in [-0.3, -0.25) is 9.59 Å². The van der Waals surface area contributed by atoms with Crippen LogP contribution in [0.3, 0.4) is 0 Å². The Morgan fingerprint density at radius 3 is 2.62 bits per heavy atom. The van der Waals surface area contributed by atoms with Gasteiger partial charge in [0.2, 0.25) is 11.8 Å². The van der Waals surface area contributed by atoms with Gasteiger partial charge in [-0.15, -0.1) is 10.2 Å². The van der Waals surface area contributed by atoms with Gasteiger partial charge in [0.25, 0.3) is 0 Å². The first-order chi connectivity index (χ1) is 14.0. The van der Waals surface area contributed by atoms with Crippen LogP contribution in [-0.4, -0.2) is 43.3 Å². The van der Waals surface area contributed by atoms with Gasteiger partial charge < -0.3 is 15.2 Å². The van der Waals surface area contributed by atoms with E-state index in [0.29, 0.717) is 23.2 Å². The number of primary amides is 1. The summed E-state index contributed by atoms with van der Waals surface area (Å²) in [6.45, 7) is 0.699. The highest BCUT2D eigenvalue weighted by molar-refractivity contribution is 7.99. The van der Waals surface area contributed by atoms with E-state index in [9.17, 15) is 14.0 Å². The zero-order valence-corrected chi connectivity index (χ0v) is 16.9. The number of nitrogens with zero attached hydrogens (tertiary/aromatic N) is 4. The molecule has 2 aliphatic rings. The summed E-state index contributed by atoms with van der Waals surface area (Å²) in [7, 11) is 0. The molecule has 0 spiro atoms. The van der Waals surface area contributed by atoms with Gasteiger partial charge in [-0.1, -0.05) is 30.0 Å². The van der Waals surface area contributed by atoms with E-state index in [2.05, 4.69) is 10.2 Å². The summed E-state index contributed by atoms with van der Waals surface area (Å²) in [5, 5.41) is 9.14. The Balaban J connectivity index is 1.43. The van der Waals surface area contributed by atoms with Crippen LogP contribution in [0.4, 0.5) is 4.39 Å². The summed E-state index contributed by atoms with van der Waals surface area (Å²) in [6.07, 6.45) is 4.24. The molecule has 0 unspecified atom stereocenters. The molecule has 2 N–H and O–H groups in total. The maximum absolute atomic E-state index is 14.0. The van der Waals surface area contributed by atoms with E-state index in [0.717, 1.165) is 31.5 Å². The minimum Gasteiger partial charge on any atom is -0.370 e. The molecular formula is C20H24FN5O2S. The van der Waals surface area contributed by atoms with Crippen molar-refractivity contribution in [1.82, 2.24) is 19.7 Å². The van der Waals surface area contributed by atoms with Crippen LogP contribution in [0.1, 0.15) is 49.4 Å². The van der Waals surface area contributed by atoms with Crippen LogP contribution < -0.4 is 5.73 Å². The molecule has 1 aromatic carbocycles. The van der Waals surface area contributed by atoms with Gasteiger partial charge in [0.1, 0.15) is 11.6 Å². The van der Waals surface area contributed by atoms with Gasteiger partial charge in [-0.25, -0.2) is 4.39 Å². The first-order valence-corrected chi connectivity index (χ1v) is 10.9. The van der Waals surface area contributed by atoms with Crippen molar-refractivity contribution in [2.45, 2.75) is 62.3 Å². The monoisotopic (exact) mass is 417 g/mol. The average Bonchev–Trinajstić information content (AvgIpc) is 3.62. The molecule has 9 heteroatoms. The lowest BCUT2D eigenvalue weighted by Gasteiger charge is -2.22. The molecule has 0 atom stereocenters. The van der Waals surface area contributed by atoms with Crippen LogP contribution in [-0.2, 0) is 22.7 Å². The zero-order valence-electron chi connectivity index (χ0n) is 16.1. The molecule has 2 aliphatic carbocycles. The smallest absolute Gasteiger partial charge is 0.233 e. The van der Waals surface area contributed by atoms with Gasteiger partial charge in [0.05, 0.1) is 5.75 Å². The fraction of sp³-hybridized carbons (Fsp3) is 0.500. The maximum Gasteiger partial charge on any atom is 0.233 e. The Kier molecular flexibility index (Phi) is 5.84. The predicted molar refractivity (Wildman–Crippen MR) is 107 cm³/mol. The average molecular weight is 418 g/mol. The van der Waals surface area contributed by atoms with Crippen LogP contribution in [0.25, 0.3) is 0 Å². The van der Waals surface area contributed by atoms with E-state index in [1.165, 1.54) is 17.8 Å². The molecule has 1 aromatic heterocycles. The Morgan fingerprint density at radius 2 is 1.97 bits per heavy atom. The van der Waals surface area contributed by atoms with Gasteiger partial charge in [0, 0.05) is 37.0 Å². The number of halogens is 1. The van der Waals surface area contributed by atoms with Crippen molar-refractivity contribution < 1.29 is 14.0 Å². The normalized spacial score (nSPS) is 16.0. The number of nitrogens with two attached hydrogens (primary N) is 1. The van der Waals surface area contributed by atoms with Crippen LogP contribution in [0.2, 0.25) is 0 Å². The lowest BCUT2D eigenvalue weighted by Crippen LogP contribution is -2.34. The second-order valence-corrected chi connectivity index (χ2v) is 8.56. The van der Waals surface area contributed by atoms with Crippen molar-refractivity contribution in [3.63, 3.8) is 0 Å². The molecular weight excluding hydrogens is 393 g/mol. The highest BCUT2D eigenvalue weighted by atomic mass is 32.2. The fourth-order valence-corrected chi connectivity index (χ4v) is 4.17. The summed E-state index contributed by atoms with van der Waals surface area (Å²) >= 11 is 1.31. The van der Waals surface area contributed by atoms with Crippen molar-refractivity contribution in [1.29, 1.82) is 0 Å². The molecule has 154 valence electrons. The zero-order chi connectivity index (χ0) is 20.4. The number of thioether (sulfide) groups is 1. The van der Waals surface area contributed by atoms with E-state index in [1.807, 2.05) is 4.57 Å². The van der Waals surface area contributed by atoms with Crippen molar-refractivity contribution in [2.75, 3.05) is 5.75 Å². The van der Waals surface area contributed by atoms with E-state index in [4.69, 9.17) is 5.73 Å². The van der Waals surface area contributed by atoms with Gasteiger partial charge >= 0.3 is 0 Å².